The van der Waals surface area contributed by atoms with Crippen molar-refractivity contribution in [3.05, 3.63) is 64.2 Å². The van der Waals surface area contributed by atoms with E-state index in [0.29, 0.717) is 0 Å². The molecule has 1 saturated heterocycles. The molecular weight excluding hydrogens is 455 g/mol. The summed E-state index contributed by atoms with van der Waals surface area (Å²) >= 11 is 0. The van der Waals surface area contributed by atoms with Gasteiger partial charge in [-0.15, -0.1) is 13.2 Å². The van der Waals surface area contributed by atoms with E-state index >= 15 is 0 Å². The first kappa shape index (κ1) is 23.5. The van der Waals surface area contributed by atoms with E-state index in [1.54, 1.807) is 6.07 Å². The van der Waals surface area contributed by atoms with Crippen molar-refractivity contribution in [1.82, 2.24) is 9.21 Å². The van der Waals surface area contributed by atoms with Gasteiger partial charge < -0.3 is 9.64 Å². The number of rotatable bonds is 6. The number of carbonyl (C=O) groups is 1. The van der Waals surface area contributed by atoms with Gasteiger partial charge in [0.2, 0.25) is 15.9 Å². The van der Waals surface area contributed by atoms with Crippen LogP contribution in [0.1, 0.15) is 5.56 Å². The average molecular weight is 473 g/mol. The average Bonchev–Trinajstić information content (AvgIpc) is 2.73. The molecule has 0 aliphatic carbocycles. The van der Waals surface area contributed by atoms with Crippen molar-refractivity contribution in [3.63, 3.8) is 0 Å². The van der Waals surface area contributed by atoms with Gasteiger partial charge in [0.15, 0.2) is 0 Å². The number of nitro groups is 1. The van der Waals surface area contributed by atoms with Gasteiger partial charge in [-0.2, -0.15) is 4.31 Å². The van der Waals surface area contributed by atoms with Gasteiger partial charge in [-0.1, -0.05) is 18.2 Å². The fourth-order valence-corrected chi connectivity index (χ4v) is 4.68. The number of hydrogen-bond donors (Lipinski definition) is 0. The van der Waals surface area contributed by atoms with Crippen molar-refractivity contribution < 1.29 is 36.0 Å². The fraction of sp³-hybridized carbons (Fsp3) is 0.316. The Morgan fingerprint density at radius 1 is 1.03 bits per heavy atom. The topological polar surface area (TPSA) is 110 Å². The molecule has 0 atom stereocenters. The number of nitro benzene ring substituents is 1. The first-order valence-corrected chi connectivity index (χ1v) is 10.8. The van der Waals surface area contributed by atoms with E-state index in [2.05, 4.69) is 4.74 Å². The summed E-state index contributed by atoms with van der Waals surface area (Å²) in [6.45, 7) is 0.111. The molecule has 1 amide bonds. The highest BCUT2D eigenvalue weighted by molar-refractivity contribution is 7.89. The van der Waals surface area contributed by atoms with Crippen LogP contribution in [0.4, 0.5) is 18.9 Å². The Morgan fingerprint density at radius 2 is 1.62 bits per heavy atom. The number of carbonyl (C=O) groups excluding carboxylic acids is 1. The Balaban J connectivity index is 1.62. The number of sulfonamides is 1. The van der Waals surface area contributed by atoms with Crippen LogP contribution in [0.2, 0.25) is 0 Å². The second-order valence-corrected chi connectivity index (χ2v) is 8.80. The lowest BCUT2D eigenvalue weighted by atomic mass is 10.1. The quantitative estimate of drug-likeness (QED) is 0.471. The number of amides is 1. The summed E-state index contributed by atoms with van der Waals surface area (Å²) in [4.78, 5) is 24.3. The molecule has 1 aliphatic heterocycles. The van der Waals surface area contributed by atoms with E-state index in [1.807, 2.05) is 0 Å². The van der Waals surface area contributed by atoms with Crippen molar-refractivity contribution >= 4 is 21.6 Å². The normalized spacial score (nSPS) is 15.4. The van der Waals surface area contributed by atoms with Gasteiger partial charge in [0.05, 0.1) is 16.2 Å². The first-order valence-electron chi connectivity index (χ1n) is 9.33. The van der Waals surface area contributed by atoms with Crippen molar-refractivity contribution in [2.24, 2.45) is 0 Å². The van der Waals surface area contributed by atoms with E-state index in [-0.39, 0.29) is 54.7 Å². The van der Waals surface area contributed by atoms with Crippen molar-refractivity contribution in [3.8, 4) is 5.75 Å². The minimum absolute atomic E-state index is 0.0221. The molecule has 2 aromatic carbocycles. The summed E-state index contributed by atoms with van der Waals surface area (Å²) in [6, 6.07) is 9.73. The minimum atomic E-state index is -4.89. The number of nitrogens with zero attached hydrogens (tertiary/aromatic N) is 3. The summed E-state index contributed by atoms with van der Waals surface area (Å²) < 4.78 is 67.1. The van der Waals surface area contributed by atoms with E-state index in [4.69, 9.17) is 0 Å². The van der Waals surface area contributed by atoms with Crippen LogP contribution < -0.4 is 4.74 Å². The van der Waals surface area contributed by atoms with Crippen LogP contribution in [-0.4, -0.2) is 61.0 Å². The first-order chi connectivity index (χ1) is 15.0. The number of ether oxygens (including phenoxy) is 1. The number of benzene rings is 2. The molecule has 13 heteroatoms. The molecule has 0 bridgehead atoms. The molecule has 0 N–H and O–H groups in total. The van der Waals surface area contributed by atoms with E-state index < -0.39 is 27.1 Å². The lowest BCUT2D eigenvalue weighted by Crippen LogP contribution is -2.50. The largest absolute Gasteiger partial charge is 0.573 e. The molecule has 32 heavy (non-hydrogen) atoms. The molecule has 9 nitrogen and oxygen atoms in total. The van der Waals surface area contributed by atoms with Gasteiger partial charge in [0.25, 0.3) is 5.69 Å². The SMILES string of the molecule is O=C(Cc1ccccc1[N+](=O)[O-])N1CCN(S(=O)(=O)c2ccc(OC(F)(F)F)cc2)CC1. The van der Waals surface area contributed by atoms with Crippen LogP contribution in [0.25, 0.3) is 0 Å². The molecule has 1 aliphatic rings. The van der Waals surface area contributed by atoms with Gasteiger partial charge in [0.1, 0.15) is 5.75 Å². The summed E-state index contributed by atoms with van der Waals surface area (Å²) in [7, 11) is -3.98. The lowest BCUT2D eigenvalue weighted by molar-refractivity contribution is -0.385. The Bertz CT molecular complexity index is 1100. The highest BCUT2D eigenvalue weighted by Crippen LogP contribution is 2.26. The van der Waals surface area contributed by atoms with Gasteiger partial charge >= 0.3 is 6.36 Å². The van der Waals surface area contributed by atoms with E-state index in [0.717, 1.165) is 28.6 Å². The maximum Gasteiger partial charge on any atom is 0.573 e. The summed E-state index contributed by atoms with van der Waals surface area (Å²) in [5.41, 5.74) is 0.0960. The Labute approximate surface area is 181 Å². The van der Waals surface area contributed by atoms with Crippen molar-refractivity contribution in [2.45, 2.75) is 17.7 Å². The molecular formula is C19H18F3N3O6S. The molecule has 0 radical (unpaired) electrons. The number of alkyl halides is 3. The lowest BCUT2D eigenvalue weighted by Gasteiger charge is -2.34. The molecule has 0 spiro atoms. The maximum absolute atomic E-state index is 12.8. The van der Waals surface area contributed by atoms with Gasteiger partial charge in [-0.3, -0.25) is 14.9 Å². The second kappa shape index (κ2) is 9.12. The highest BCUT2D eigenvalue weighted by atomic mass is 32.2. The van der Waals surface area contributed by atoms with Crippen molar-refractivity contribution in [2.75, 3.05) is 26.2 Å². The molecule has 0 saturated carbocycles. The number of halogens is 3. The second-order valence-electron chi connectivity index (χ2n) is 6.87. The third-order valence-corrected chi connectivity index (χ3v) is 6.73. The Morgan fingerprint density at radius 3 is 2.19 bits per heavy atom. The molecule has 1 heterocycles. The highest BCUT2D eigenvalue weighted by Gasteiger charge is 2.33. The van der Waals surface area contributed by atoms with Crippen LogP contribution in [-0.2, 0) is 21.2 Å². The standard InChI is InChI=1S/C19H18F3N3O6S/c20-19(21,22)31-15-5-7-16(8-6-15)32(29,30)24-11-9-23(10-12-24)18(26)13-14-3-1-2-4-17(14)25(27)28/h1-8H,9-13H2. The van der Waals surface area contributed by atoms with Gasteiger partial charge in [0, 0.05) is 37.8 Å². The number of piperazine rings is 1. The summed E-state index contributed by atoms with van der Waals surface area (Å²) in [6.07, 6.45) is -5.08. The third-order valence-electron chi connectivity index (χ3n) is 4.82. The van der Waals surface area contributed by atoms with E-state index in [9.17, 15) is 36.5 Å². The predicted octanol–water partition coefficient (Wildman–Crippen LogP) is 2.57. The van der Waals surface area contributed by atoms with Gasteiger partial charge in [-0.05, 0) is 24.3 Å². The third kappa shape index (κ3) is 5.53. The zero-order valence-electron chi connectivity index (χ0n) is 16.5. The smallest absolute Gasteiger partial charge is 0.406 e. The molecule has 2 aromatic rings. The van der Waals surface area contributed by atoms with Crippen LogP contribution in [0.3, 0.4) is 0 Å². The Kier molecular flexibility index (Phi) is 6.69. The zero-order valence-corrected chi connectivity index (χ0v) is 17.3. The monoisotopic (exact) mass is 473 g/mol. The van der Waals surface area contributed by atoms with Crippen LogP contribution >= 0.6 is 0 Å². The van der Waals surface area contributed by atoms with Crippen molar-refractivity contribution in [1.29, 1.82) is 0 Å². The zero-order chi connectivity index (χ0) is 23.5. The van der Waals surface area contributed by atoms with Crippen LogP contribution in [0, 0.1) is 10.1 Å². The molecule has 3 rings (SSSR count). The number of para-hydroxylation sites is 1. The number of hydrogen-bond acceptors (Lipinski definition) is 6. The minimum Gasteiger partial charge on any atom is -0.406 e. The predicted molar refractivity (Wildman–Crippen MR) is 105 cm³/mol. The Hall–Kier alpha value is -3.19. The molecule has 0 aromatic heterocycles. The maximum atomic E-state index is 12.8. The summed E-state index contributed by atoms with van der Waals surface area (Å²) in [5, 5.41) is 11.1. The molecule has 0 unspecified atom stereocenters. The molecule has 1 fully saturated rings. The fourth-order valence-electron chi connectivity index (χ4n) is 3.25. The van der Waals surface area contributed by atoms with Crippen LogP contribution in [0.15, 0.2) is 53.4 Å². The van der Waals surface area contributed by atoms with Crippen LogP contribution in [0.5, 0.6) is 5.75 Å². The van der Waals surface area contributed by atoms with E-state index in [1.165, 1.54) is 23.1 Å². The summed E-state index contributed by atoms with van der Waals surface area (Å²) in [5.74, 6) is -0.910. The molecule has 172 valence electrons. The van der Waals surface area contributed by atoms with Gasteiger partial charge in [-0.25, -0.2) is 8.42 Å².